The van der Waals surface area contributed by atoms with E-state index in [0.29, 0.717) is 5.52 Å². The number of carboxylic acid groups (broad SMARTS) is 2. The summed E-state index contributed by atoms with van der Waals surface area (Å²) in [5, 5.41) is 19.1. The van der Waals surface area contributed by atoms with Crippen molar-refractivity contribution in [2.75, 3.05) is 39.8 Å². The van der Waals surface area contributed by atoms with Crippen LogP contribution >= 0.6 is 0 Å². The van der Waals surface area contributed by atoms with E-state index in [1.54, 1.807) is 43.6 Å². The summed E-state index contributed by atoms with van der Waals surface area (Å²) in [4.78, 5) is 20.9. The van der Waals surface area contributed by atoms with E-state index in [4.69, 9.17) is 24.5 Å². The molecular weight excluding hydrogens is 462 g/mol. The maximum absolute atomic E-state index is 13.2. The van der Waals surface area contributed by atoms with Crippen LogP contribution in [0.4, 0.5) is 0 Å². The minimum absolute atomic E-state index is 0.288. The van der Waals surface area contributed by atoms with Gasteiger partial charge in [0.2, 0.25) is 0 Å². The zero-order valence-electron chi connectivity index (χ0n) is 18.7. The monoisotopic (exact) mass is 489 g/mol. The van der Waals surface area contributed by atoms with Gasteiger partial charge >= 0.3 is 11.9 Å². The van der Waals surface area contributed by atoms with Gasteiger partial charge in [0.1, 0.15) is 5.75 Å². The molecule has 182 valence electrons. The number of benzene rings is 2. The maximum atomic E-state index is 13.2. The molecule has 1 aliphatic rings. The molecule has 0 radical (unpaired) electrons. The fraction of sp³-hybridized carbons (Fsp3) is 0.304. The predicted octanol–water partition coefficient (Wildman–Crippen LogP) is 1.49. The standard InChI is InChI=1S/C21H25N3O3S.C2H2O4/c1-27-18-7-8-21-20(15-18)17(9-12-23-13-10-22-11-14-23)16-24(21)28(25,26)19-5-3-2-4-6-19;3-1(4)2(5)6/h2-8,15-16,22H,9-14H2,1H3;(H,3,4)(H,5,6). The molecule has 1 fully saturated rings. The van der Waals surface area contributed by atoms with Crippen molar-refractivity contribution in [2.45, 2.75) is 11.3 Å². The molecule has 3 aromatic rings. The van der Waals surface area contributed by atoms with Crippen molar-refractivity contribution in [1.29, 1.82) is 0 Å². The minimum atomic E-state index is -3.66. The topological polar surface area (TPSA) is 138 Å². The van der Waals surface area contributed by atoms with E-state index in [1.165, 1.54) is 3.97 Å². The Morgan fingerprint density at radius 2 is 1.68 bits per heavy atom. The lowest BCUT2D eigenvalue weighted by molar-refractivity contribution is -0.159. The van der Waals surface area contributed by atoms with Crippen molar-refractivity contribution < 1.29 is 33.0 Å². The zero-order valence-corrected chi connectivity index (χ0v) is 19.5. The average Bonchev–Trinajstić information content (AvgIpc) is 3.23. The summed E-state index contributed by atoms with van der Waals surface area (Å²) in [5.74, 6) is -2.92. The van der Waals surface area contributed by atoms with Gasteiger partial charge in [0.25, 0.3) is 10.0 Å². The number of rotatable bonds is 6. The first-order valence-electron chi connectivity index (χ1n) is 10.6. The van der Waals surface area contributed by atoms with Crippen LogP contribution in [-0.2, 0) is 26.0 Å². The fourth-order valence-electron chi connectivity index (χ4n) is 3.69. The first-order valence-corrected chi connectivity index (χ1v) is 12.1. The highest BCUT2D eigenvalue weighted by molar-refractivity contribution is 7.90. The number of ether oxygens (including phenoxy) is 1. The SMILES string of the molecule is COc1ccc2c(c1)c(CCN1CCNCC1)cn2S(=O)(=O)c1ccccc1.O=C(O)C(=O)O. The normalized spacial score (nSPS) is 14.3. The number of aromatic nitrogens is 1. The van der Waals surface area contributed by atoms with Gasteiger partial charge in [0, 0.05) is 44.3 Å². The van der Waals surface area contributed by atoms with Crippen LogP contribution in [0.25, 0.3) is 10.9 Å². The summed E-state index contributed by atoms with van der Waals surface area (Å²) in [5.41, 5.74) is 1.70. The van der Waals surface area contributed by atoms with Crippen LogP contribution in [-0.4, -0.2) is 79.3 Å². The van der Waals surface area contributed by atoms with Crippen LogP contribution in [0.5, 0.6) is 5.75 Å². The smallest absolute Gasteiger partial charge is 0.414 e. The van der Waals surface area contributed by atoms with E-state index in [1.807, 2.05) is 18.2 Å². The van der Waals surface area contributed by atoms with Gasteiger partial charge < -0.3 is 25.2 Å². The second-order valence-corrected chi connectivity index (χ2v) is 9.42. The third kappa shape index (κ3) is 5.93. The summed E-state index contributed by atoms with van der Waals surface area (Å²) in [7, 11) is -2.03. The number of nitrogens with zero attached hydrogens (tertiary/aromatic N) is 2. The average molecular weight is 490 g/mol. The Morgan fingerprint density at radius 1 is 1.03 bits per heavy atom. The number of methoxy groups -OCH3 is 1. The van der Waals surface area contributed by atoms with Gasteiger partial charge in [-0.05, 0) is 42.3 Å². The van der Waals surface area contributed by atoms with Crippen molar-refractivity contribution in [3.63, 3.8) is 0 Å². The third-order valence-electron chi connectivity index (χ3n) is 5.45. The van der Waals surface area contributed by atoms with E-state index in [0.717, 1.165) is 55.8 Å². The zero-order chi connectivity index (χ0) is 24.7. The van der Waals surface area contributed by atoms with Crippen LogP contribution in [0, 0.1) is 0 Å². The van der Waals surface area contributed by atoms with Crippen LogP contribution in [0.3, 0.4) is 0 Å². The van der Waals surface area contributed by atoms with Crippen LogP contribution in [0.2, 0.25) is 0 Å². The third-order valence-corrected chi connectivity index (χ3v) is 7.14. The predicted molar refractivity (Wildman–Crippen MR) is 126 cm³/mol. The van der Waals surface area contributed by atoms with Crippen LogP contribution in [0.1, 0.15) is 5.56 Å². The lowest BCUT2D eigenvalue weighted by Gasteiger charge is -2.26. The number of piperazine rings is 1. The molecule has 0 bridgehead atoms. The largest absolute Gasteiger partial charge is 0.497 e. The Balaban J connectivity index is 0.000000481. The van der Waals surface area contributed by atoms with E-state index < -0.39 is 22.0 Å². The number of carboxylic acids is 2. The summed E-state index contributed by atoms with van der Waals surface area (Å²) in [6, 6.07) is 14.1. The number of carbonyl (C=O) groups is 2. The number of fused-ring (bicyclic) bond motifs is 1. The summed E-state index contributed by atoms with van der Waals surface area (Å²) in [6.45, 7) is 4.94. The van der Waals surface area contributed by atoms with Gasteiger partial charge in [-0.1, -0.05) is 18.2 Å². The molecule has 10 nitrogen and oxygen atoms in total. The van der Waals surface area contributed by atoms with Gasteiger partial charge in [-0.15, -0.1) is 0 Å². The number of aliphatic carboxylic acids is 2. The van der Waals surface area contributed by atoms with Crippen molar-refractivity contribution in [1.82, 2.24) is 14.2 Å². The molecule has 0 atom stereocenters. The van der Waals surface area contributed by atoms with Crippen LogP contribution < -0.4 is 10.1 Å². The Kier molecular flexibility index (Phi) is 8.26. The Labute approximate surface area is 197 Å². The second-order valence-electron chi connectivity index (χ2n) is 7.60. The highest BCUT2D eigenvalue weighted by Crippen LogP contribution is 2.29. The quantitative estimate of drug-likeness (QED) is 0.440. The summed E-state index contributed by atoms with van der Waals surface area (Å²) >= 11 is 0. The Morgan fingerprint density at radius 3 is 2.26 bits per heavy atom. The van der Waals surface area contributed by atoms with E-state index >= 15 is 0 Å². The molecule has 0 aliphatic carbocycles. The molecule has 0 saturated carbocycles. The molecule has 0 amide bonds. The number of hydrogen-bond acceptors (Lipinski definition) is 7. The molecule has 4 rings (SSSR count). The second kappa shape index (κ2) is 11.1. The Hall–Kier alpha value is -3.41. The van der Waals surface area contributed by atoms with E-state index in [-0.39, 0.29) is 4.90 Å². The highest BCUT2D eigenvalue weighted by atomic mass is 32.2. The maximum Gasteiger partial charge on any atom is 0.414 e. The number of hydrogen-bond donors (Lipinski definition) is 3. The van der Waals surface area contributed by atoms with Gasteiger partial charge in [0.15, 0.2) is 0 Å². The molecule has 0 spiro atoms. The molecular formula is C23H27N3O7S. The fourth-order valence-corrected chi connectivity index (χ4v) is 5.10. The van der Waals surface area contributed by atoms with Crippen molar-refractivity contribution in [3.8, 4) is 5.75 Å². The molecule has 1 aromatic heterocycles. The first-order chi connectivity index (χ1) is 16.2. The van der Waals surface area contributed by atoms with E-state index in [2.05, 4.69) is 10.2 Å². The molecule has 1 aliphatic heterocycles. The van der Waals surface area contributed by atoms with Crippen LogP contribution in [0.15, 0.2) is 59.6 Å². The molecule has 0 unspecified atom stereocenters. The molecule has 2 aromatic carbocycles. The summed E-state index contributed by atoms with van der Waals surface area (Å²) in [6.07, 6.45) is 2.57. The molecule has 1 saturated heterocycles. The Bertz CT molecular complexity index is 1240. The van der Waals surface area contributed by atoms with Crippen molar-refractivity contribution in [3.05, 3.63) is 60.3 Å². The lowest BCUT2D eigenvalue weighted by Crippen LogP contribution is -2.44. The first kappa shape index (κ1) is 25.2. The van der Waals surface area contributed by atoms with Gasteiger partial charge in [-0.25, -0.2) is 22.0 Å². The van der Waals surface area contributed by atoms with E-state index in [9.17, 15) is 8.42 Å². The molecule has 3 N–H and O–H groups in total. The highest BCUT2D eigenvalue weighted by Gasteiger charge is 2.22. The minimum Gasteiger partial charge on any atom is -0.497 e. The molecule has 34 heavy (non-hydrogen) atoms. The van der Waals surface area contributed by atoms with Gasteiger partial charge in [-0.3, -0.25) is 0 Å². The molecule has 11 heteroatoms. The van der Waals surface area contributed by atoms with Gasteiger partial charge in [0.05, 0.1) is 17.5 Å². The van der Waals surface area contributed by atoms with Gasteiger partial charge in [-0.2, -0.15) is 0 Å². The number of nitrogens with one attached hydrogen (secondary N) is 1. The molecule has 2 heterocycles. The summed E-state index contributed by atoms with van der Waals surface area (Å²) < 4.78 is 33.2. The lowest BCUT2D eigenvalue weighted by atomic mass is 10.1. The van der Waals surface area contributed by atoms with Crippen molar-refractivity contribution in [2.24, 2.45) is 0 Å². The van der Waals surface area contributed by atoms with Crippen molar-refractivity contribution >= 4 is 32.9 Å².